The van der Waals surface area contributed by atoms with Crippen molar-refractivity contribution in [2.24, 2.45) is 80.8 Å². The Balaban J connectivity index is 0.000000182. The molecule has 10 aliphatic rings. The van der Waals surface area contributed by atoms with Gasteiger partial charge >= 0.3 is 0 Å². The molecule has 7 nitrogen and oxygen atoms in total. The second-order valence-corrected chi connectivity index (χ2v) is 25.3. The molecule has 0 unspecified atom stereocenters. The molecule has 0 radical (unpaired) electrons. The Bertz CT molecular complexity index is 1530. The molecule has 2 N–H and O–H groups in total. The summed E-state index contributed by atoms with van der Waals surface area (Å²) in [5.74, 6) is 7.61. The summed E-state index contributed by atoms with van der Waals surface area (Å²) in [5.41, 5.74) is 0.390. The molecule has 0 spiro atoms. The van der Waals surface area contributed by atoms with Crippen LogP contribution in [-0.4, -0.2) is 89.3 Å². The molecule has 364 valence electrons. The van der Waals surface area contributed by atoms with Crippen LogP contribution in [0.15, 0.2) is 0 Å². The number of aliphatic hydroxyl groups is 2. The lowest BCUT2D eigenvalue weighted by molar-refractivity contribution is -0.151. The summed E-state index contributed by atoms with van der Waals surface area (Å²) in [6, 6.07) is 0. The third-order valence-corrected chi connectivity index (χ3v) is 21.9. The molecule has 16 atom stereocenters. The first-order valence-corrected chi connectivity index (χ1v) is 27.0. The maximum absolute atomic E-state index is 13.4. The number of fused-ring (bicyclic) bond motifs is 10. The van der Waals surface area contributed by atoms with Gasteiger partial charge in [0, 0.05) is 38.1 Å². The molecule has 2 saturated heterocycles. The third kappa shape index (κ3) is 10.1. The molecular formula is C55H96BrNO6. The van der Waals surface area contributed by atoms with Crippen LogP contribution in [0, 0.1) is 80.8 Å². The summed E-state index contributed by atoms with van der Waals surface area (Å²) >= 11 is 3.43. The van der Waals surface area contributed by atoms with Crippen molar-refractivity contribution >= 4 is 27.5 Å². The molecular weight excluding hydrogens is 851 g/mol. The topological polar surface area (TPSA) is 96.3 Å². The van der Waals surface area contributed by atoms with Gasteiger partial charge in [0.25, 0.3) is 0 Å². The van der Waals surface area contributed by atoms with Crippen LogP contribution in [0.1, 0.15) is 191 Å². The van der Waals surface area contributed by atoms with Crippen molar-refractivity contribution in [3.8, 4) is 0 Å². The van der Waals surface area contributed by atoms with E-state index in [1.165, 1.54) is 96.3 Å². The Morgan fingerprint density at radius 1 is 0.524 bits per heavy atom. The highest BCUT2D eigenvalue weighted by molar-refractivity contribution is 9.09. The second kappa shape index (κ2) is 20.3. The van der Waals surface area contributed by atoms with Crippen molar-refractivity contribution in [1.82, 2.24) is 4.90 Å². The van der Waals surface area contributed by atoms with Gasteiger partial charge in [-0.1, -0.05) is 58.5 Å². The van der Waals surface area contributed by atoms with Gasteiger partial charge < -0.3 is 19.7 Å². The van der Waals surface area contributed by atoms with E-state index in [1.54, 1.807) is 0 Å². The standard InChI is InChI=1S/C26H43NO3.C22H35BrO2.C5H10O.2CH4/c1-24(29)10-11-25(2)18(16-24)4-5-19-20-6-7-22(26(20,3)9-8-21(19)25)23(28)17-27-12-14-30-15-13-27;1-20(25)10-11-21(2)14(12-20)4-5-15-16-6-7-18(19(24)13-23)22(16,3)9-8-17(15)21;1-2-4-6-5-3-1;;/h18-22,29H,4-17H2,1-3H3;14-18,25H,4-13H2,1-3H3;1-5H2;2*1H4/t18-,19+,20+,21+,22-,24-,25+,26+;14-,15+,16+,17+,18-,20-,21+,22+;;;/m11.../s1. The van der Waals surface area contributed by atoms with E-state index in [0.717, 1.165) is 114 Å². The number of ether oxygens (including phenoxy) is 2. The summed E-state index contributed by atoms with van der Waals surface area (Å²) in [5, 5.41) is 21.8. The van der Waals surface area contributed by atoms with Gasteiger partial charge in [-0.2, -0.15) is 0 Å². The number of nitrogens with zero attached hydrogens (tertiary/aromatic N) is 1. The van der Waals surface area contributed by atoms with Gasteiger partial charge in [-0.15, -0.1) is 0 Å². The second-order valence-electron chi connectivity index (χ2n) is 24.7. The monoisotopic (exact) mass is 946 g/mol. The van der Waals surface area contributed by atoms with E-state index in [2.05, 4.69) is 55.4 Å². The van der Waals surface area contributed by atoms with Crippen LogP contribution in [0.5, 0.6) is 0 Å². The van der Waals surface area contributed by atoms with Crippen molar-refractivity contribution < 1.29 is 29.3 Å². The van der Waals surface area contributed by atoms with Gasteiger partial charge in [0.15, 0.2) is 0 Å². The molecule has 2 aliphatic heterocycles. The minimum atomic E-state index is -0.454. The molecule has 10 fully saturated rings. The average Bonchev–Trinajstić information content (AvgIpc) is 3.79. The van der Waals surface area contributed by atoms with Gasteiger partial charge in [0.1, 0.15) is 11.6 Å². The Kier molecular flexibility index (Phi) is 16.8. The number of ketones is 2. The fourth-order valence-electron chi connectivity index (χ4n) is 17.8. The van der Waals surface area contributed by atoms with E-state index >= 15 is 0 Å². The van der Waals surface area contributed by atoms with Gasteiger partial charge in [-0.05, 0) is 218 Å². The van der Waals surface area contributed by atoms with Crippen LogP contribution < -0.4 is 0 Å². The maximum Gasteiger partial charge on any atom is 0.150 e. The van der Waals surface area contributed by atoms with Crippen LogP contribution in [0.3, 0.4) is 0 Å². The number of halogens is 1. The summed E-state index contributed by atoms with van der Waals surface area (Å²) in [6.45, 7) is 20.1. The number of hydrogen-bond acceptors (Lipinski definition) is 7. The Morgan fingerprint density at radius 3 is 1.37 bits per heavy atom. The number of rotatable bonds is 5. The summed E-state index contributed by atoms with van der Waals surface area (Å²) in [4.78, 5) is 28.2. The predicted molar refractivity (Wildman–Crippen MR) is 261 cm³/mol. The van der Waals surface area contributed by atoms with Crippen LogP contribution in [0.25, 0.3) is 0 Å². The van der Waals surface area contributed by atoms with E-state index in [-0.39, 0.29) is 37.5 Å². The lowest BCUT2D eigenvalue weighted by atomic mass is 9.44. The number of carbonyl (C=O) groups excluding carboxylic acids is 2. The van der Waals surface area contributed by atoms with Gasteiger partial charge in [-0.3, -0.25) is 14.5 Å². The van der Waals surface area contributed by atoms with E-state index in [1.807, 2.05) is 6.92 Å². The van der Waals surface area contributed by atoms with Gasteiger partial charge in [0.05, 0.1) is 36.3 Å². The van der Waals surface area contributed by atoms with Crippen molar-refractivity contribution in [2.75, 3.05) is 51.4 Å². The lowest BCUT2D eigenvalue weighted by Gasteiger charge is -2.61. The Hall–Kier alpha value is -0.380. The van der Waals surface area contributed by atoms with Crippen molar-refractivity contribution in [3.05, 3.63) is 0 Å². The normalized spacial score (nSPS) is 48.8. The van der Waals surface area contributed by atoms with Crippen molar-refractivity contribution in [1.29, 1.82) is 0 Å². The lowest BCUT2D eigenvalue weighted by Crippen LogP contribution is -2.56. The number of carbonyl (C=O) groups is 2. The largest absolute Gasteiger partial charge is 0.390 e. The maximum atomic E-state index is 13.4. The quantitative estimate of drug-likeness (QED) is 0.265. The highest BCUT2D eigenvalue weighted by Crippen LogP contribution is 2.70. The minimum Gasteiger partial charge on any atom is -0.390 e. The Morgan fingerprint density at radius 2 is 0.952 bits per heavy atom. The van der Waals surface area contributed by atoms with Crippen LogP contribution in [0.2, 0.25) is 0 Å². The number of hydrogen-bond donors (Lipinski definition) is 2. The number of Topliss-reactive ketones (excluding diaryl/α,β-unsaturated/α-hetero) is 2. The van der Waals surface area contributed by atoms with Gasteiger partial charge in [-0.25, -0.2) is 0 Å². The molecule has 0 aromatic heterocycles. The average molecular weight is 947 g/mol. The van der Waals surface area contributed by atoms with Gasteiger partial charge in [0.2, 0.25) is 0 Å². The molecule has 8 aliphatic carbocycles. The molecule has 0 amide bonds. The van der Waals surface area contributed by atoms with E-state index in [9.17, 15) is 19.8 Å². The van der Waals surface area contributed by atoms with Crippen LogP contribution in [0.4, 0.5) is 0 Å². The molecule has 63 heavy (non-hydrogen) atoms. The van der Waals surface area contributed by atoms with Crippen LogP contribution >= 0.6 is 15.9 Å². The summed E-state index contributed by atoms with van der Waals surface area (Å²) < 4.78 is 10.5. The molecule has 10 rings (SSSR count). The molecule has 8 heteroatoms. The van der Waals surface area contributed by atoms with E-state index < -0.39 is 11.2 Å². The number of alkyl halides is 1. The Labute approximate surface area is 394 Å². The smallest absolute Gasteiger partial charge is 0.150 e. The highest BCUT2D eigenvalue weighted by Gasteiger charge is 2.63. The molecule has 0 aromatic rings. The van der Waals surface area contributed by atoms with E-state index in [0.29, 0.717) is 46.1 Å². The SMILES string of the molecule is C.C.C1CCOCC1.C[C@@]1(O)CC[C@@]2(C)[C@H](CC[C@@H]3[C@@H]2CC[C@]2(C)[C@@H](C(=O)CBr)CC[C@@H]32)C1.C[C@@]1(O)CC[C@@]2(C)[C@H](CC[C@@H]3[C@@H]2CC[C@]2(C)[C@@H](C(=O)CN4CCOCC4)CC[C@@H]32)C1. The number of morpholine rings is 1. The zero-order valence-corrected chi connectivity index (χ0v) is 41.2. The van der Waals surface area contributed by atoms with Crippen LogP contribution in [-0.2, 0) is 19.1 Å². The van der Waals surface area contributed by atoms with Crippen molar-refractivity contribution in [3.63, 3.8) is 0 Å². The molecule has 8 saturated carbocycles. The first-order chi connectivity index (χ1) is 28.9. The molecule has 0 aromatic carbocycles. The summed E-state index contributed by atoms with van der Waals surface area (Å²) in [6.07, 6.45) is 25.3. The minimum absolute atomic E-state index is 0. The molecule has 2 heterocycles. The fourth-order valence-corrected chi connectivity index (χ4v) is 18.2. The third-order valence-electron chi connectivity index (χ3n) is 21.4. The zero-order valence-electron chi connectivity index (χ0n) is 39.6. The zero-order chi connectivity index (χ0) is 43.4. The van der Waals surface area contributed by atoms with Crippen molar-refractivity contribution in [2.45, 2.75) is 202 Å². The molecule has 0 bridgehead atoms. The predicted octanol–water partition coefficient (Wildman–Crippen LogP) is 12.1. The summed E-state index contributed by atoms with van der Waals surface area (Å²) in [7, 11) is 0. The first-order valence-electron chi connectivity index (χ1n) is 25.9. The van der Waals surface area contributed by atoms with E-state index in [4.69, 9.17) is 9.47 Å². The highest BCUT2D eigenvalue weighted by atomic mass is 79.9. The fraction of sp³-hybridized carbons (Fsp3) is 0.964. The first kappa shape index (κ1) is 52.0.